The fourth-order valence-corrected chi connectivity index (χ4v) is 3.09. The second-order valence-electron chi connectivity index (χ2n) is 3.35. The number of nitrogens with one attached hydrogen (secondary N) is 1. The second-order valence-corrected chi connectivity index (χ2v) is 7.09. The third-order valence-corrected chi connectivity index (χ3v) is 4.27. The van der Waals surface area contributed by atoms with E-state index in [9.17, 15) is 4.79 Å². The Labute approximate surface area is 131 Å². The Balaban J connectivity index is 1.98. The van der Waals surface area contributed by atoms with E-state index < -0.39 is 0 Å². The highest BCUT2D eigenvalue weighted by Crippen LogP contribution is 2.20. The average molecular weight is 435 g/mol. The maximum atomic E-state index is 11.8. The van der Waals surface area contributed by atoms with Crippen LogP contribution in [0.25, 0.3) is 0 Å². The number of hydrogen-bond acceptors (Lipinski definition) is 3. The zero-order valence-corrected chi connectivity index (χ0v) is 13.6. The van der Waals surface area contributed by atoms with Crippen LogP contribution in [0.5, 0.6) is 0 Å². The minimum absolute atomic E-state index is 0.208. The van der Waals surface area contributed by atoms with Gasteiger partial charge in [0, 0.05) is 14.0 Å². The standard InChI is InChI=1S/C12H8BrIN2OS/c13-11-5-4-10(18-11)7-15-16-12(17)8-2-1-3-9(14)6-8/h1-7H,(H,16,17)/b15-7-. The predicted molar refractivity (Wildman–Crippen MR) is 86.2 cm³/mol. The van der Waals surface area contributed by atoms with Crippen LogP contribution >= 0.6 is 49.9 Å². The Morgan fingerprint density at radius 1 is 1.39 bits per heavy atom. The lowest BCUT2D eigenvalue weighted by Gasteiger charge is -1.99. The van der Waals surface area contributed by atoms with E-state index in [1.54, 1.807) is 23.6 Å². The van der Waals surface area contributed by atoms with Gasteiger partial charge in [0.25, 0.3) is 5.91 Å². The van der Waals surface area contributed by atoms with E-state index >= 15 is 0 Å². The number of carbonyl (C=O) groups excluding carboxylic acids is 1. The van der Waals surface area contributed by atoms with Crippen LogP contribution in [0.1, 0.15) is 15.2 Å². The quantitative estimate of drug-likeness (QED) is 0.444. The predicted octanol–water partition coefficient (Wildman–Crippen LogP) is 3.88. The highest BCUT2D eigenvalue weighted by Gasteiger charge is 2.03. The summed E-state index contributed by atoms with van der Waals surface area (Å²) in [7, 11) is 0. The molecule has 0 atom stereocenters. The molecule has 0 saturated carbocycles. The molecule has 1 heterocycles. The van der Waals surface area contributed by atoms with Gasteiger partial charge in [-0.1, -0.05) is 6.07 Å². The number of benzene rings is 1. The topological polar surface area (TPSA) is 41.5 Å². The number of rotatable bonds is 3. The Morgan fingerprint density at radius 3 is 2.89 bits per heavy atom. The second kappa shape index (κ2) is 6.44. The number of hydrazone groups is 1. The molecule has 0 aliphatic heterocycles. The Hall–Kier alpha value is -0.730. The molecule has 0 radical (unpaired) electrons. The fraction of sp³-hybridized carbons (Fsp3) is 0. The van der Waals surface area contributed by atoms with Gasteiger partial charge in [0.1, 0.15) is 0 Å². The van der Waals surface area contributed by atoms with Gasteiger partial charge in [-0.2, -0.15) is 5.10 Å². The smallest absolute Gasteiger partial charge is 0.267 e. The molecule has 1 aromatic heterocycles. The monoisotopic (exact) mass is 434 g/mol. The van der Waals surface area contributed by atoms with Crippen molar-refractivity contribution in [2.45, 2.75) is 0 Å². The molecule has 0 aliphatic carbocycles. The summed E-state index contributed by atoms with van der Waals surface area (Å²) >= 11 is 7.09. The number of carbonyl (C=O) groups is 1. The Morgan fingerprint density at radius 2 is 2.22 bits per heavy atom. The minimum atomic E-state index is -0.208. The molecule has 6 heteroatoms. The summed E-state index contributed by atoms with van der Waals surface area (Å²) in [5.41, 5.74) is 3.11. The van der Waals surface area contributed by atoms with Gasteiger partial charge in [-0.05, 0) is 68.9 Å². The summed E-state index contributed by atoms with van der Waals surface area (Å²) in [5.74, 6) is -0.208. The first-order chi connectivity index (χ1) is 8.65. The van der Waals surface area contributed by atoms with Crippen molar-refractivity contribution in [1.29, 1.82) is 0 Å². The molecular weight excluding hydrogens is 427 g/mol. The number of nitrogens with zero attached hydrogens (tertiary/aromatic N) is 1. The molecule has 1 N–H and O–H groups in total. The van der Waals surface area contributed by atoms with Crippen LogP contribution in [0.15, 0.2) is 45.3 Å². The first kappa shape index (κ1) is 13.7. The summed E-state index contributed by atoms with van der Waals surface area (Å²) in [6.07, 6.45) is 1.63. The Kier molecular flexibility index (Phi) is 4.90. The summed E-state index contributed by atoms with van der Waals surface area (Å²) in [4.78, 5) is 12.7. The number of amides is 1. The first-order valence-electron chi connectivity index (χ1n) is 4.99. The van der Waals surface area contributed by atoms with E-state index in [0.29, 0.717) is 5.56 Å². The van der Waals surface area contributed by atoms with Crippen molar-refractivity contribution in [3.63, 3.8) is 0 Å². The van der Waals surface area contributed by atoms with Gasteiger partial charge in [-0.15, -0.1) is 11.3 Å². The summed E-state index contributed by atoms with van der Waals surface area (Å²) in [6, 6.07) is 11.2. The molecule has 0 bridgehead atoms. The van der Waals surface area contributed by atoms with Crippen LogP contribution in [-0.2, 0) is 0 Å². The lowest BCUT2D eigenvalue weighted by Crippen LogP contribution is -2.17. The van der Waals surface area contributed by atoms with E-state index in [1.807, 2.05) is 30.3 Å². The maximum absolute atomic E-state index is 11.8. The number of halogens is 2. The Bertz CT molecular complexity index is 597. The van der Waals surface area contributed by atoms with Crippen LogP contribution in [0, 0.1) is 3.57 Å². The van der Waals surface area contributed by atoms with Gasteiger partial charge in [-0.25, -0.2) is 5.43 Å². The van der Waals surface area contributed by atoms with E-state index in [-0.39, 0.29) is 5.91 Å². The van der Waals surface area contributed by atoms with Gasteiger partial charge in [-0.3, -0.25) is 4.79 Å². The van der Waals surface area contributed by atoms with Crippen molar-refractivity contribution >= 4 is 62.0 Å². The van der Waals surface area contributed by atoms with Crippen molar-refractivity contribution in [3.05, 3.63) is 54.2 Å². The van der Waals surface area contributed by atoms with Crippen LogP contribution in [-0.4, -0.2) is 12.1 Å². The fourth-order valence-electron chi connectivity index (χ4n) is 1.25. The number of thiophene rings is 1. The molecule has 0 spiro atoms. The van der Waals surface area contributed by atoms with Gasteiger partial charge in [0.05, 0.1) is 10.0 Å². The van der Waals surface area contributed by atoms with Crippen molar-refractivity contribution in [2.24, 2.45) is 5.10 Å². The molecule has 0 unspecified atom stereocenters. The van der Waals surface area contributed by atoms with E-state index in [0.717, 1.165) is 12.2 Å². The molecule has 2 rings (SSSR count). The van der Waals surface area contributed by atoms with Crippen LogP contribution in [0.3, 0.4) is 0 Å². The van der Waals surface area contributed by atoms with Crippen LogP contribution < -0.4 is 5.43 Å². The molecular formula is C12H8BrIN2OS. The van der Waals surface area contributed by atoms with Gasteiger partial charge in [0.15, 0.2) is 0 Å². The molecule has 1 aromatic carbocycles. The molecule has 18 heavy (non-hydrogen) atoms. The average Bonchev–Trinajstić information content (AvgIpc) is 2.75. The molecule has 0 fully saturated rings. The van der Waals surface area contributed by atoms with Crippen molar-refractivity contribution in [2.75, 3.05) is 0 Å². The van der Waals surface area contributed by atoms with Crippen molar-refractivity contribution < 1.29 is 4.79 Å². The SMILES string of the molecule is O=C(N/N=C\c1ccc(Br)s1)c1cccc(I)c1. The third-order valence-electron chi connectivity index (χ3n) is 2.04. The molecule has 1 amide bonds. The van der Waals surface area contributed by atoms with Gasteiger partial charge < -0.3 is 0 Å². The summed E-state index contributed by atoms with van der Waals surface area (Å²) in [5, 5.41) is 3.92. The zero-order valence-electron chi connectivity index (χ0n) is 9.06. The number of hydrogen-bond donors (Lipinski definition) is 1. The van der Waals surface area contributed by atoms with Gasteiger partial charge >= 0.3 is 0 Å². The lowest BCUT2D eigenvalue weighted by molar-refractivity contribution is 0.0955. The summed E-state index contributed by atoms with van der Waals surface area (Å²) in [6.45, 7) is 0. The molecule has 0 saturated heterocycles. The lowest BCUT2D eigenvalue weighted by atomic mass is 10.2. The maximum Gasteiger partial charge on any atom is 0.271 e. The van der Waals surface area contributed by atoms with Crippen LogP contribution in [0.2, 0.25) is 0 Å². The molecule has 0 aliphatic rings. The minimum Gasteiger partial charge on any atom is -0.267 e. The highest BCUT2D eigenvalue weighted by molar-refractivity contribution is 14.1. The molecule has 2 aromatic rings. The van der Waals surface area contributed by atoms with Gasteiger partial charge in [0.2, 0.25) is 0 Å². The van der Waals surface area contributed by atoms with Crippen molar-refractivity contribution in [1.82, 2.24) is 5.43 Å². The largest absolute Gasteiger partial charge is 0.271 e. The van der Waals surface area contributed by atoms with E-state index in [2.05, 4.69) is 49.0 Å². The zero-order chi connectivity index (χ0) is 13.0. The summed E-state index contributed by atoms with van der Waals surface area (Å²) < 4.78 is 2.05. The first-order valence-corrected chi connectivity index (χ1v) is 7.68. The van der Waals surface area contributed by atoms with Crippen LogP contribution in [0.4, 0.5) is 0 Å². The molecule has 92 valence electrons. The third kappa shape index (κ3) is 3.89. The van der Waals surface area contributed by atoms with E-state index in [4.69, 9.17) is 0 Å². The van der Waals surface area contributed by atoms with E-state index in [1.165, 1.54) is 0 Å². The normalized spacial score (nSPS) is 10.8. The van der Waals surface area contributed by atoms with Crippen molar-refractivity contribution in [3.8, 4) is 0 Å². The highest BCUT2D eigenvalue weighted by atomic mass is 127. The molecule has 3 nitrogen and oxygen atoms in total.